The zero-order valence-electron chi connectivity index (χ0n) is 8.94. The summed E-state index contributed by atoms with van der Waals surface area (Å²) in [6.45, 7) is 2.28. The monoisotopic (exact) mass is 196 g/mol. The Bertz CT molecular complexity index is 221. The molecule has 0 radical (unpaired) electrons. The lowest BCUT2D eigenvalue weighted by Gasteiger charge is -2.33. The maximum Gasteiger partial charge on any atom is 0.222 e. The Kier molecular flexibility index (Phi) is 2.77. The zero-order chi connectivity index (χ0) is 10.0. The Balaban J connectivity index is 1.95. The van der Waals surface area contributed by atoms with Gasteiger partial charge in [-0.2, -0.15) is 0 Å². The molecule has 14 heavy (non-hydrogen) atoms. The fraction of sp³-hybridized carbons (Fsp3) is 0.909. The first-order valence-corrected chi connectivity index (χ1v) is 5.68. The third-order valence-electron chi connectivity index (χ3n) is 3.98. The lowest BCUT2D eigenvalue weighted by molar-refractivity contribution is -0.124. The van der Waals surface area contributed by atoms with Crippen LogP contribution in [0.3, 0.4) is 0 Å². The minimum atomic E-state index is 0.250. The van der Waals surface area contributed by atoms with Gasteiger partial charge in [-0.1, -0.05) is 0 Å². The first kappa shape index (κ1) is 9.97. The molecule has 0 bridgehead atoms. The van der Waals surface area contributed by atoms with Crippen molar-refractivity contribution in [2.45, 2.75) is 32.1 Å². The predicted octanol–water partition coefficient (Wildman–Crippen LogP) is 0.902. The molecule has 3 heteroatoms. The van der Waals surface area contributed by atoms with Crippen LogP contribution in [0.25, 0.3) is 0 Å². The molecule has 0 aromatic heterocycles. The fourth-order valence-corrected chi connectivity index (χ4v) is 3.05. The van der Waals surface area contributed by atoms with Crippen LogP contribution >= 0.6 is 0 Å². The first-order valence-electron chi connectivity index (χ1n) is 5.68. The minimum Gasteiger partial charge on any atom is -0.359 e. The molecule has 80 valence electrons. The molecule has 2 aliphatic rings. The van der Waals surface area contributed by atoms with Crippen molar-refractivity contribution < 1.29 is 4.79 Å². The zero-order valence-corrected chi connectivity index (χ0v) is 8.94. The van der Waals surface area contributed by atoms with E-state index < -0.39 is 0 Å². The molecule has 1 atom stereocenters. The van der Waals surface area contributed by atoms with Crippen LogP contribution in [0.5, 0.6) is 0 Å². The summed E-state index contributed by atoms with van der Waals surface area (Å²) in [6.07, 6.45) is 6.00. The van der Waals surface area contributed by atoms with Crippen molar-refractivity contribution in [2.24, 2.45) is 11.3 Å². The summed E-state index contributed by atoms with van der Waals surface area (Å²) >= 11 is 0. The molecular formula is C11H20N2O. The molecule has 2 rings (SSSR count). The van der Waals surface area contributed by atoms with Crippen LogP contribution < -0.4 is 10.6 Å². The lowest BCUT2D eigenvalue weighted by Crippen LogP contribution is -2.36. The van der Waals surface area contributed by atoms with E-state index in [0.29, 0.717) is 5.41 Å². The second-order valence-electron chi connectivity index (χ2n) is 4.80. The van der Waals surface area contributed by atoms with Crippen LogP contribution in [-0.4, -0.2) is 26.0 Å². The molecule has 0 unspecified atom stereocenters. The third kappa shape index (κ3) is 1.78. The van der Waals surface area contributed by atoms with Crippen LogP contribution in [0.4, 0.5) is 0 Å². The third-order valence-corrected chi connectivity index (χ3v) is 3.98. The second kappa shape index (κ2) is 3.89. The van der Waals surface area contributed by atoms with Crippen LogP contribution in [0, 0.1) is 11.3 Å². The van der Waals surface area contributed by atoms with E-state index in [1.807, 2.05) is 0 Å². The summed E-state index contributed by atoms with van der Waals surface area (Å²) in [7, 11) is 1.75. The van der Waals surface area contributed by atoms with Crippen molar-refractivity contribution in [1.29, 1.82) is 0 Å². The lowest BCUT2D eigenvalue weighted by atomic mass is 9.77. The topological polar surface area (TPSA) is 41.1 Å². The van der Waals surface area contributed by atoms with E-state index in [1.165, 1.54) is 19.3 Å². The molecule has 0 aromatic carbocycles. The largest absolute Gasteiger partial charge is 0.359 e. The molecule has 2 fully saturated rings. The van der Waals surface area contributed by atoms with Gasteiger partial charge in [0, 0.05) is 13.0 Å². The van der Waals surface area contributed by atoms with Gasteiger partial charge >= 0.3 is 0 Å². The number of amides is 1. The number of carbonyl (C=O) groups excluding carboxylic acids is 1. The summed E-state index contributed by atoms with van der Waals surface area (Å²) in [5, 5.41) is 6.17. The Hall–Kier alpha value is -0.570. The van der Waals surface area contributed by atoms with Gasteiger partial charge in [-0.15, -0.1) is 0 Å². The molecule has 1 aliphatic carbocycles. The Morgan fingerprint density at radius 1 is 1.36 bits per heavy atom. The normalized spacial score (nSPS) is 30.5. The van der Waals surface area contributed by atoms with Gasteiger partial charge in [-0.3, -0.25) is 4.79 Å². The summed E-state index contributed by atoms with van der Waals surface area (Å²) in [5.74, 6) is 0.540. The highest BCUT2D eigenvalue weighted by Gasteiger charge is 2.41. The van der Waals surface area contributed by atoms with Crippen molar-refractivity contribution in [1.82, 2.24) is 10.6 Å². The van der Waals surface area contributed by atoms with Gasteiger partial charge in [0.25, 0.3) is 0 Å². The van der Waals surface area contributed by atoms with Gasteiger partial charge in [0.05, 0.1) is 0 Å². The number of carbonyl (C=O) groups is 1. The van der Waals surface area contributed by atoms with Crippen LogP contribution in [0.1, 0.15) is 32.1 Å². The van der Waals surface area contributed by atoms with Gasteiger partial charge < -0.3 is 10.6 Å². The molecule has 1 spiro atoms. The predicted molar refractivity (Wildman–Crippen MR) is 55.9 cm³/mol. The van der Waals surface area contributed by atoms with Gasteiger partial charge in [0.2, 0.25) is 5.91 Å². The highest BCUT2D eigenvalue weighted by atomic mass is 16.1. The highest BCUT2D eigenvalue weighted by Crippen LogP contribution is 2.47. The first-order chi connectivity index (χ1) is 6.76. The number of hydrogen-bond acceptors (Lipinski definition) is 2. The van der Waals surface area contributed by atoms with E-state index in [9.17, 15) is 4.79 Å². The summed E-state index contributed by atoms with van der Waals surface area (Å²) in [5.41, 5.74) is 0.502. The van der Waals surface area contributed by atoms with Crippen LogP contribution in [0.2, 0.25) is 0 Å². The maximum atomic E-state index is 11.5. The Morgan fingerprint density at radius 2 is 2.07 bits per heavy atom. The number of hydrogen-bond donors (Lipinski definition) is 2. The quantitative estimate of drug-likeness (QED) is 0.654. The standard InChI is InChI=1S/C11H20N2O/c1-12-10(14)9-2-3-11(8-9)4-6-13-7-5-11/h9,13H,2-8H2,1H3,(H,12,14)/t9-/m0/s1. The second-order valence-corrected chi connectivity index (χ2v) is 4.80. The SMILES string of the molecule is CNC(=O)[C@H]1CCC2(CCNCC2)C1. The van der Waals surface area contributed by atoms with E-state index in [2.05, 4.69) is 10.6 Å². The Labute approximate surface area is 85.6 Å². The van der Waals surface area contributed by atoms with E-state index in [4.69, 9.17) is 0 Å². The van der Waals surface area contributed by atoms with E-state index in [1.54, 1.807) is 7.05 Å². The number of nitrogens with one attached hydrogen (secondary N) is 2. The summed E-state index contributed by atoms with van der Waals surface area (Å²) in [4.78, 5) is 11.5. The van der Waals surface area contributed by atoms with Crippen LogP contribution in [0.15, 0.2) is 0 Å². The van der Waals surface area contributed by atoms with Crippen molar-refractivity contribution in [3.8, 4) is 0 Å². The minimum absolute atomic E-state index is 0.250. The molecule has 1 saturated heterocycles. The molecule has 1 saturated carbocycles. The fourth-order valence-electron chi connectivity index (χ4n) is 3.05. The molecule has 3 nitrogen and oxygen atoms in total. The van der Waals surface area contributed by atoms with E-state index >= 15 is 0 Å². The van der Waals surface area contributed by atoms with Crippen molar-refractivity contribution in [3.63, 3.8) is 0 Å². The van der Waals surface area contributed by atoms with Gasteiger partial charge in [-0.25, -0.2) is 0 Å². The average molecular weight is 196 g/mol. The average Bonchev–Trinajstić information content (AvgIpc) is 2.62. The molecule has 1 heterocycles. The highest BCUT2D eigenvalue weighted by molar-refractivity contribution is 5.78. The van der Waals surface area contributed by atoms with Crippen molar-refractivity contribution >= 4 is 5.91 Å². The molecule has 1 amide bonds. The smallest absolute Gasteiger partial charge is 0.222 e. The van der Waals surface area contributed by atoms with Crippen LogP contribution in [-0.2, 0) is 4.79 Å². The van der Waals surface area contributed by atoms with Gasteiger partial charge in [-0.05, 0) is 50.6 Å². The molecule has 2 N–H and O–H groups in total. The molecular weight excluding hydrogens is 176 g/mol. The van der Waals surface area contributed by atoms with E-state index in [-0.39, 0.29) is 11.8 Å². The molecule has 0 aromatic rings. The summed E-state index contributed by atoms with van der Waals surface area (Å²) < 4.78 is 0. The van der Waals surface area contributed by atoms with Gasteiger partial charge in [0.15, 0.2) is 0 Å². The van der Waals surface area contributed by atoms with Gasteiger partial charge in [0.1, 0.15) is 0 Å². The number of rotatable bonds is 1. The summed E-state index contributed by atoms with van der Waals surface area (Å²) in [6, 6.07) is 0. The van der Waals surface area contributed by atoms with Crippen molar-refractivity contribution in [2.75, 3.05) is 20.1 Å². The molecule has 1 aliphatic heterocycles. The van der Waals surface area contributed by atoms with Crippen molar-refractivity contribution in [3.05, 3.63) is 0 Å². The maximum absolute atomic E-state index is 11.5. The van der Waals surface area contributed by atoms with E-state index in [0.717, 1.165) is 25.9 Å². The number of piperidine rings is 1. The Morgan fingerprint density at radius 3 is 2.71 bits per heavy atom.